The van der Waals surface area contributed by atoms with Crippen molar-refractivity contribution in [3.63, 3.8) is 0 Å². The van der Waals surface area contributed by atoms with Crippen LogP contribution in [0.5, 0.6) is 0 Å². The van der Waals surface area contributed by atoms with Gasteiger partial charge in [0.15, 0.2) is 0 Å². The lowest BCUT2D eigenvalue weighted by Crippen LogP contribution is -2.25. The van der Waals surface area contributed by atoms with E-state index in [1.807, 2.05) is 25.1 Å². The molecule has 1 aliphatic rings. The number of likely N-dealkylation sites (tertiary alicyclic amines) is 1. The second-order valence-corrected chi connectivity index (χ2v) is 8.18. The molecule has 1 aliphatic heterocycles. The van der Waals surface area contributed by atoms with Crippen LogP contribution in [0.1, 0.15) is 35.1 Å². The highest BCUT2D eigenvalue weighted by atomic mass is 32.1. The fourth-order valence-electron chi connectivity index (χ4n) is 3.93. The van der Waals surface area contributed by atoms with Crippen LogP contribution in [-0.2, 0) is 6.54 Å². The van der Waals surface area contributed by atoms with Gasteiger partial charge < -0.3 is 0 Å². The molecule has 5 rings (SSSR count). The fourth-order valence-corrected chi connectivity index (χ4v) is 5.06. The van der Waals surface area contributed by atoms with Gasteiger partial charge in [-0.25, -0.2) is 9.97 Å². The molecular weight excluding hydrogens is 356 g/mol. The van der Waals surface area contributed by atoms with Crippen molar-refractivity contribution in [2.24, 2.45) is 0 Å². The van der Waals surface area contributed by atoms with Gasteiger partial charge in [-0.15, -0.1) is 11.3 Å². The average Bonchev–Trinajstić information content (AvgIpc) is 3.29. The van der Waals surface area contributed by atoms with Gasteiger partial charge in [-0.1, -0.05) is 18.2 Å². The molecule has 136 valence electrons. The largest absolute Gasteiger partial charge is 0.288 e. The van der Waals surface area contributed by atoms with Crippen molar-refractivity contribution in [3.05, 3.63) is 75.3 Å². The summed E-state index contributed by atoms with van der Waals surface area (Å²) in [6, 6.07) is 14.1. The van der Waals surface area contributed by atoms with Crippen LogP contribution in [0.15, 0.2) is 53.5 Å². The monoisotopic (exact) mass is 376 g/mol. The summed E-state index contributed by atoms with van der Waals surface area (Å²) in [6.45, 7) is 3.68. The van der Waals surface area contributed by atoms with Crippen molar-refractivity contribution >= 4 is 27.2 Å². The van der Waals surface area contributed by atoms with E-state index in [-0.39, 0.29) is 5.56 Å². The summed E-state index contributed by atoms with van der Waals surface area (Å²) < 4.78 is 2.85. The molecule has 4 aromatic rings. The number of thiazole rings is 1. The number of pyridine rings is 1. The standard InChI is InChI=1S/C21H20N4OS/c1-14-6-4-11-25-19(26)12-15(22-20(14)25)13-24-10-5-8-17(24)21-23-16-7-2-3-9-18(16)27-21/h2-4,6-7,9,11-12,17H,5,8,10,13H2,1H3. The van der Waals surface area contributed by atoms with Gasteiger partial charge in [0.05, 0.1) is 22.0 Å². The Labute approximate surface area is 160 Å². The molecule has 5 nitrogen and oxygen atoms in total. The number of aryl methyl sites for hydroxylation is 1. The predicted octanol–water partition coefficient (Wildman–Crippen LogP) is 3.95. The quantitative estimate of drug-likeness (QED) is 0.543. The van der Waals surface area contributed by atoms with E-state index in [2.05, 4.69) is 23.1 Å². The fraction of sp³-hybridized carbons (Fsp3) is 0.286. The zero-order valence-corrected chi connectivity index (χ0v) is 15.9. The molecule has 0 N–H and O–H groups in total. The number of para-hydroxylation sites is 1. The van der Waals surface area contributed by atoms with Crippen molar-refractivity contribution in [1.29, 1.82) is 0 Å². The van der Waals surface area contributed by atoms with Crippen LogP contribution in [0, 0.1) is 6.92 Å². The third-order valence-corrected chi connectivity index (χ3v) is 6.40. The summed E-state index contributed by atoms with van der Waals surface area (Å²) in [7, 11) is 0. The maximum absolute atomic E-state index is 12.5. The molecule has 1 unspecified atom stereocenters. The van der Waals surface area contributed by atoms with Gasteiger partial charge in [0.2, 0.25) is 0 Å². The number of aromatic nitrogens is 3. The molecule has 3 aromatic heterocycles. The number of nitrogens with zero attached hydrogens (tertiary/aromatic N) is 4. The van der Waals surface area contributed by atoms with Crippen molar-refractivity contribution in [1.82, 2.24) is 19.3 Å². The second-order valence-electron chi connectivity index (χ2n) is 7.12. The van der Waals surface area contributed by atoms with E-state index in [0.29, 0.717) is 12.6 Å². The van der Waals surface area contributed by atoms with Crippen LogP contribution < -0.4 is 5.56 Å². The van der Waals surface area contributed by atoms with E-state index in [1.54, 1.807) is 28.0 Å². The van der Waals surface area contributed by atoms with Crippen molar-refractivity contribution < 1.29 is 0 Å². The molecule has 27 heavy (non-hydrogen) atoms. The molecule has 0 radical (unpaired) electrons. The minimum atomic E-state index is -0.0190. The molecular formula is C21H20N4OS. The summed E-state index contributed by atoms with van der Waals surface area (Å²) in [6.07, 6.45) is 4.03. The normalized spacial score (nSPS) is 17.9. The Morgan fingerprint density at radius 2 is 2.07 bits per heavy atom. The van der Waals surface area contributed by atoms with Gasteiger partial charge in [0, 0.05) is 18.8 Å². The highest BCUT2D eigenvalue weighted by Crippen LogP contribution is 2.37. The summed E-state index contributed by atoms with van der Waals surface area (Å²) in [4.78, 5) is 24.5. The van der Waals surface area contributed by atoms with E-state index in [9.17, 15) is 4.79 Å². The number of hydrogen-bond acceptors (Lipinski definition) is 5. The molecule has 0 saturated carbocycles. The predicted molar refractivity (Wildman–Crippen MR) is 108 cm³/mol. The maximum atomic E-state index is 12.5. The second kappa shape index (κ2) is 6.55. The van der Waals surface area contributed by atoms with Gasteiger partial charge in [-0.2, -0.15) is 0 Å². The van der Waals surface area contributed by atoms with Crippen LogP contribution >= 0.6 is 11.3 Å². The first-order valence-electron chi connectivity index (χ1n) is 9.26. The van der Waals surface area contributed by atoms with E-state index < -0.39 is 0 Å². The van der Waals surface area contributed by atoms with Crippen LogP contribution in [0.4, 0.5) is 0 Å². The Morgan fingerprint density at radius 1 is 1.19 bits per heavy atom. The van der Waals surface area contributed by atoms with E-state index in [0.717, 1.165) is 41.8 Å². The zero-order valence-electron chi connectivity index (χ0n) is 15.1. The first kappa shape index (κ1) is 16.6. The van der Waals surface area contributed by atoms with Gasteiger partial charge >= 0.3 is 0 Å². The van der Waals surface area contributed by atoms with E-state index in [1.165, 1.54) is 9.71 Å². The number of rotatable bonds is 3. The van der Waals surface area contributed by atoms with Gasteiger partial charge in [0.1, 0.15) is 10.7 Å². The molecule has 0 bridgehead atoms. The number of benzene rings is 1. The SMILES string of the molecule is Cc1cccn2c(=O)cc(CN3CCCC3c3nc4ccccc4s3)nc12. The Morgan fingerprint density at radius 3 is 2.96 bits per heavy atom. The van der Waals surface area contributed by atoms with Crippen molar-refractivity contribution in [2.45, 2.75) is 32.4 Å². The topological polar surface area (TPSA) is 50.5 Å². The molecule has 0 spiro atoms. The molecule has 1 atom stereocenters. The third-order valence-electron chi connectivity index (χ3n) is 5.26. The van der Waals surface area contributed by atoms with Crippen molar-refractivity contribution in [3.8, 4) is 0 Å². The zero-order chi connectivity index (χ0) is 18.4. The minimum Gasteiger partial charge on any atom is -0.288 e. The van der Waals surface area contributed by atoms with Crippen LogP contribution in [0.3, 0.4) is 0 Å². The van der Waals surface area contributed by atoms with Gasteiger partial charge in [-0.3, -0.25) is 14.1 Å². The van der Waals surface area contributed by atoms with Crippen molar-refractivity contribution in [2.75, 3.05) is 6.54 Å². The number of fused-ring (bicyclic) bond motifs is 2. The first-order chi connectivity index (χ1) is 13.2. The maximum Gasteiger partial charge on any atom is 0.258 e. The molecule has 1 aromatic carbocycles. The number of hydrogen-bond donors (Lipinski definition) is 0. The summed E-state index contributed by atoms with van der Waals surface area (Å²) in [5.74, 6) is 0. The van der Waals surface area contributed by atoms with Crippen LogP contribution in [-0.4, -0.2) is 25.8 Å². The van der Waals surface area contributed by atoms with E-state index in [4.69, 9.17) is 9.97 Å². The summed E-state index contributed by atoms with van der Waals surface area (Å²) in [5, 5.41) is 1.17. The first-order valence-corrected chi connectivity index (χ1v) is 10.1. The Balaban J connectivity index is 1.48. The molecule has 1 saturated heterocycles. The lowest BCUT2D eigenvalue weighted by Gasteiger charge is -2.22. The molecule has 6 heteroatoms. The molecule has 1 fully saturated rings. The third kappa shape index (κ3) is 2.95. The average molecular weight is 376 g/mol. The molecule has 4 heterocycles. The molecule has 0 aliphatic carbocycles. The highest BCUT2D eigenvalue weighted by Gasteiger charge is 2.29. The Bertz CT molecular complexity index is 1160. The highest BCUT2D eigenvalue weighted by molar-refractivity contribution is 7.18. The Kier molecular flexibility index (Phi) is 4.02. The lowest BCUT2D eigenvalue weighted by molar-refractivity contribution is 0.245. The minimum absolute atomic E-state index is 0.0190. The Hall–Kier alpha value is -2.57. The van der Waals surface area contributed by atoms with Gasteiger partial charge in [-0.05, 0) is 50.1 Å². The molecule has 0 amide bonds. The summed E-state index contributed by atoms with van der Waals surface area (Å²) in [5.41, 5.74) is 3.65. The van der Waals surface area contributed by atoms with Crippen LogP contribution in [0.2, 0.25) is 0 Å². The van der Waals surface area contributed by atoms with Crippen LogP contribution in [0.25, 0.3) is 15.9 Å². The smallest absolute Gasteiger partial charge is 0.258 e. The summed E-state index contributed by atoms with van der Waals surface area (Å²) >= 11 is 1.78. The lowest BCUT2D eigenvalue weighted by atomic mass is 10.2. The van der Waals surface area contributed by atoms with E-state index >= 15 is 0 Å². The van der Waals surface area contributed by atoms with Gasteiger partial charge in [0.25, 0.3) is 5.56 Å².